The van der Waals surface area contributed by atoms with E-state index in [0.717, 1.165) is 61.4 Å². The van der Waals surface area contributed by atoms with E-state index in [4.69, 9.17) is 27.7 Å². The van der Waals surface area contributed by atoms with E-state index in [1.165, 1.54) is 0 Å². The highest BCUT2D eigenvalue weighted by molar-refractivity contribution is 6.39. The molecule has 4 rings (SSSR count). The van der Waals surface area contributed by atoms with E-state index in [1.807, 2.05) is 18.2 Å². The van der Waals surface area contributed by atoms with Crippen molar-refractivity contribution in [1.82, 2.24) is 10.5 Å². The van der Waals surface area contributed by atoms with Crippen molar-refractivity contribution in [3.63, 3.8) is 0 Å². The predicted molar refractivity (Wildman–Crippen MR) is 103 cm³/mol. The fourth-order valence-corrected chi connectivity index (χ4v) is 4.04. The number of nitrogens with one attached hydrogen (secondary N) is 1. The third-order valence-electron chi connectivity index (χ3n) is 5.30. The Hall–Kier alpha value is -1.29. The Bertz CT molecular complexity index is 782. The summed E-state index contributed by atoms with van der Waals surface area (Å²) in [6.07, 6.45) is 9.09. The number of halogens is 2. The largest absolute Gasteiger partial charge is 0.360 e. The molecule has 2 fully saturated rings. The molecule has 1 aromatic heterocycles. The molecule has 2 heterocycles. The van der Waals surface area contributed by atoms with Gasteiger partial charge in [-0.2, -0.15) is 0 Å². The maximum absolute atomic E-state index is 6.42. The van der Waals surface area contributed by atoms with E-state index in [0.29, 0.717) is 16.0 Å². The fraction of sp³-hybridized carbons (Fsp3) is 0.450. The van der Waals surface area contributed by atoms with Gasteiger partial charge >= 0.3 is 0 Å². The molecule has 0 amide bonds. The van der Waals surface area contributed by atoms with Crippen molar-refractivity contribution in [2.75, 3.05) is 13.1 Å². The third kappa shape index (κ3) is 3.51. The zero-order chi connectivity index (χ0) is 17.4. The van der Waals surface area contributed by atoms with Crippen LogP contribution in [-0.4, -0.2) is 18.2 Å². The van der Waals surface area contributed by atoms with Crippen molar-refractivity contribution in [3.8, 4) is 11.3 Å². The number of aromatic nitrogens is 1. The molecule has 1 aliphatic carbocycles. The van der Waals surface area contributed by atoms with Gasteiger partial charge in [0, 0.05) is 17.0 Å². The van der Waals surface area contributed by atoms with Crippen LogP contribution < -0.4 is 5.32 Å². The second-order valence-corrected chi connectivity index (χ2v) is 8.23. The van der Waals surface area contributed by atoms with E-state index in [9.17, 15) is 0 Å². The lowest BCUT2D eigenvalue weighted by Gasteiger charge is -2.31. The zero-order valence-electron chi connectivity index (χ0n) is 14.3. The summed E-state index contributed by atoms with van der Waals surface area (Å²) in [5, 5.41) is 8.98. The summed E-state index contributed by atoms with van der Waals surface area (Å²) >= 11 is 12.8. The number of allylic oxidation sites excluding steroid dienone is 1. The van der Waals surface area contributed by atoms with Crippen molar-refractivity contribution < 1.29 is 4.52 Å². The quantitative estimate of drug-likeness (QED) is 0.718. The van der Waals surface area contributed by atoms with Gasteiger partial charge in [-0.25, -0.2) is 0 Å². The first kappa shape index (κ1) is 17.1. The molecular weight excluding hydrogens is 355 g/mol. The molecule has 132 valence electrons. The number of piperidine rings is 1. The van der Waals surface area contributed by atoms with Crippen LogP contribution in [0.3, 0.4) is 0 Å². The average Bonchev–Trinajstić information content (AvgIpc) is 3.35. The minimum absolute atomic E-state index is 0.199. The molecule has 0 unspecified atom stereocenters. The van der Waals surface area contributed by atoms with Gasteiger partial charge in [0.1, 0.15) is 11.5 Å². The van der Waals surface area contributed by atoms with Gasteiger partial charge in [-0.3, -0.25) is 0 Å². The van der Waals surface area contributed by atoms with Gasteiger partial charge in [0.05, 0.1) is 10.0 Å². The van der Waals surface area contributed by atoms with Crippen LogP contribution in [0.4, 0.5) is 0 Å². The van der Waals surface area contributed by atoms with Gasteiger partial charge in [-0.1, -0.05) is 53.5 Å². The minimum atomic E-state index is 0.199. The Morgan fingerprint density at radius 2 is 1.88 bits per heavy atom. The van der Waals surface area contributed by atoms with Crippen molar-refractivity contribution in [2.24, 2.45) is 5.41 Å². The van der Waals surface area contributed by atoms with Crippen molar-refractivity contribution in [3.05, 3.63) is 45.6 Å². The molecule has 1 saturated carbocycles. The van der Waals surface area contributed by atoms with Gasteiger partial charge in [-0.05, 0) is 56.3 Å². The molecule has 3 nitrogen and oxygen atoms in total. The number of rotatable bonds is 4. The maximum Gasteiger partial charge on any atom is 0.147 e. The highest BCUT2D eigenvalue weighted by Crippen LogP contribution is 2.46. The molecule has 0 radical (unpaired) electrons. The summed E-state index contributed by atoms with van der Waals surface area (Å²) in [6, 6.07) is 5.54. The van der Waals surface area contributed by atoms with E-state index < -0.39 is 0 Å². The molecule has 2 aliphatic rings. The molecule has 1 aromatic carbocycles. The minimum Gasteiger partial charge on any atom is -0.360 e. The smallest absolute Gasteiger partial charge is 0.147 e. The topological polar surface area (TPSA) is 38.1 Å². The SMILES string of the molecule is CC1(C=Cc2c(-c3c(Cl)cccc3Cl)noc2C2CC2)CCNCC1. The summed E-state index contributed by atoms with van der Waals surface area (Å²) in [5.41, 5.74) is 2.75. The van der Waals surface area contributed by atoms with Crippen LogP contribution in [0.25, 0.3) is 17.3 Å². The molecule has 25 heavy (non-hydrogen) atoms. The first-order chi connectivity index (χ1) is 12.1. The van der Waals surface area contributed by atoms with E-state index in [-0.39, 0.29) is 5.41 Å². The van der Waals surface area contributed by atoms with E-state index in [2.05, 4.69) is 29.5 Å². The second kappa shape index (κ2) is 6.79. The highest BCUT2D eigenvalue weighted by atomic mass is 35.5. The Kier molecular flexibility index (Phi) is 4.65. The first-order valence-corrected chi connectivity index (χ1v) is 9.67. The third-order valence-corrected chi connectivity index (χ3v) is 5.93. The van der Waals surface area contributed by atoms with Gasteiger partial charge in [-0.15, -0.1) is 0 Å². The monoisotopic (exact) mass is 376 g/mol. The van der Waals surface area contributed by atoms with E-state index in [1.54, 1.807) is 0 Å². The lowest BCUT2D eigenvalue weighted by atomic mass is 9.80. The Morgan fingerprint density at radius 1 is 1.20 bits per heavy atom. The van der Waals surface area contributed by atoms with Gasteiger partial charge in [0.15, 0.2) is 0 Å². The molecule has 0 spiro atoms. The predicted octanol–water partition coefficient (Wildman–Crippen LogP) is 5.93. The summed E-state index contributed by atoms with van der Waals surface area (Å²) < 4.78 is 5.73. The van der Waals surface area contributed by atoms with Crippen LogP contribution >= 0.6 is 23.2 Å². The van der Waals surface area contributed by atoms with Crippen LogP contribution in [0.1, 0.15) is 49.8 Å². The fourth-order valence-electron chi connectivity index (χ4n) is 3.46. The van der Waals surface area contributed by atoms with Crippen LogP contribution in [0.5, 0.6) is 0 Å². The zero-order valence-corrected chi connectivity index (χ0v) is 15.8. The summed E-state index contributed by atoms with van der Waals surface area (Å²) in [5.74, 6) is 1.45. The number of hydrogen-bond donors (Lipinski definition) is 1. The Morgan fingerprint density at radius 3 is 2.52 bits per heavy atom. The van der Waals surface area contributed by atoms with Gasteiger partial charge in [0.25, 0.3) is 0 Å². The molecule has 5 heteroatoms. The van der Waals surface area contributed by atoms with Crippen molar-refractivity contribution in [1.29, 1.82) is 0 Å². The number of nitrogens with zero attached hydrogens (tertiary/aromatic N) is 1. The molecule has 1 N–H and O–H groups in total. The lowest BCUT2D eigenvalue weighted by molar-refractivity contribution is 0.303. The molecule has 0 bridgehead atoms. The van der Waals surface area contributed by atoms with E-state index >= 15 is 0 Å². The molecule has 2 aromatic rings. The Labute approximate surface area is 158 Å². The van der Waals surface area contributed by atoms with Crippen molar-refractivity contribution in [2.45, 2.75) is 38.5 Å². The van der Waals surface area contributed by atoms with Crippen molar-refractivity contribution >= 4 is 29.3 Å². The normalized spacial score (nSPS) is 20.3. The van der Waals surface area contributed by atoms with Crippen LogP contribution in [0.15, 0.2) is 28.8 Å². The second-order valence-electron chi connectivity index (χ2n) is 7.42. The molecular formula is C20H22Cl2N2O. The van der Waals surface area contributed by atoms with Gasteiger partial charge in [0.2, 0.25) is 0 Å². The summed E-state index contributed by atoms with van der Waals surface area (Å²) in [4.78, 5) is 0. The standard InChI is InChI=1S/C20H22Cl2N2O/c1-20(9-11-23-12-10-20)8-7-14-18(24-25-19(14)13-5-6-13)17-15(21)3-2-4-16(17)22/h2-4,7-8,13,23H,5-6,9-12H2,1H3. The summed E-state index contributed by atoms with van der Waals surface area (Å²) in [7, 11) is 0. The molecule has 1 aliphatic heterocycles. The lowest BCUT2D eigenvalue weighted by Crippen LogP contribution is -2.33. The van der Waals surface area contributed by atoms with Crippen LogP contribution in [-0.2, 0) is 0 Å². The van der Waals surface area contributed by atoms with Crippen LogP contribution in [0, 0.1) is 5.41 Å². The number of benzene rings is 1. The maximum atomic E-state index is 6.42. The average molecular weight is 377 g/mol. The summed E-state index contributed by atoms with van der Waals surface area (Å²) in [6.45, 7) is 4.43. The highest BCUT2D eigenvalue weighted by Gasteiger charge is 2.33. The number of hydrogen-bond acceptors (Lipinski definition) is 3. The Balaban J connectivity index is 1.76. The van der Waals surface area contributed by atoms with Crippen LogP contribution in [0.2, 0.25) is 10.0 Å². The van der Waals surface area contributed by atoms with Gasteiger partial charge < -0.3 is 9.84 Å². The molecule has 1 saturated heterocycles. The molecule has 0 atom stereocenters. The first-order valence-electron chi connectivity index (χ1n) is 8.91.